The minimum atomic E-state index is -1.24. The zero-order chi connectivity index (χ0) is 18.1. The van der Waals surface area contributed by atoms with Crippen LogP contribution in [0, 0.1) is 16.0 Å². The van der Waals surface area contributed by atoms with Crippen LogP contribution in [-0.4, -0.2) is 16.0 Å². The second kappa shape index (κ2) is 6.08. The van der Waals surface area contributed by atoms with Gasteiger partial charge < -0.3 is 15.3 Å². The monoisotopic (exact) mass is 340 g/mol. The van der Waals surface area contributed by atoms with Crippen molar-refractivity contribution in [3.8, 4) is 0 Å². The van der Waals surface area contributed by atoms with E-state index in [2.05, 4.69) is 0 Å². The SMILES string of the molecule is NC1=C([N+](=O)[O-])C=CC(C(=O)O)C1=Cc1coc2ccccc2c1=O. The van der Waals surface area contributed by atoms with Crippen molar-refractivity contribution in [3.05, 3.63) is 85.5 Å². The Balaban J connectivity index is 2.22. The summed E-state index contributed by atoms with van der Waals surface area (Å²) < 4.78 is 5.37. The average molecular weight is 340 g/mol. The second-order valence-electron chi connectivity index (χ2n) is 5.35. The van der Waals surface area contributed by atoms with Gasteiger partial charge >= 0.3 is 5.97 Å². The number of aliphatic carboxylic acids is 1. The van der Waals surface area contributed by atoms with E-state index in [1.54, 1.807) is 24.3 Å². The summed E-state index contributed by atoms with van der Waals surface area (Å²) in [7, 11) is 0. The van der Waals surface area contributed by atoms with Gasteiger partial charge in [-0.25, -0.2) is 0 Å². The number of nitro groups is 1. The maximum absolute atomic E-state index is 12.5. The number of benzene rings is 1. The van der Waals surface area contributed by atoms with Crippen molar-refractivity contribution in [1.29, 1.82) is 0 Å². The molecule has 1 atom stereocenters. The van der Waals surface area contributed by atoms with Crippen LogP contribution in [0.2, 0.25) is 0 Å². The molecule has 25 heavy (non-hydrogen) atoms. The fourth-order valence-electron chi connectivity index (χ4n) is 2.60. The third-order valence-electron chi connectivity index (χ3n) is 3.85. The summed E-state index contributed by atoms with van der Waals surface area (Å²) in [6, 6.07) is 6.56. The molecule has 0 bridgehead atoms. The van der Waals surface area contributed by atoms with Crippen LogP contribution in [0.15, 0.2) is 68.9 Å². The van der Waals surface area contributed by atoms with E-state index in [4.69, 9.17) is 10.2 Å². The van der Waals surface area contributed by atoms with Crippen LogP contribution < -0.4 is 11.2 Å². The van der Waals surface area contributed by atoms with Gasteiger partial charge in [-0.15, -0.1) is 0 Å². The van der Waals surface area contributed by atoms with Crippen molar-refractivity contribution in [2.24, 2.45) is 11.7 Å². The fraction of sp³-hybridized carbons (Fsp3) is 0.0588. The van der Waals surface area contributed by atoms with Gasteiger partial charge in [0, 0.05) is 11.6 Å². The number of carbonyl (C=O) groups is 1. The Morgan fingerprint density at radius 2 is 2.08 bits per heavy atom. The maximum Gasteiger partial charge on any atom is 0.314 e. The first-order valence-electron chi connectivity index (χ1n) is 7.18. The molecule has 0 radical (unpaired) electrons. The van der Waals surface area contributed by atoms with Gasteiger partial charge in [-0.3, -0.25) is 19.7 Å². The van der Waals surface area contributed by atoms with E-state index in [0.29, 0.717) is 11.0 Å². The third kappa shape index (κ3) is 2.80. The van der Waals surface area contributed by atoms with Crippen LogP contribution in [0.1, 0.15) is 5.56 Å². The van der Waals surface area contributed by atoms with Crippen molar-refractivity contribution in [2.75, 3.05) is 0 Å². The lowest BCUT2D eigenvalue weighted by atomic mass is 9.89. The quantitative estimate of drug-likeness (QED) is 0.643. The van der Waals surface area contributed by atoms with Crippen LogP contribution in [0.25, 0.3) is 17.0 Å². The molecule has 3 rings (SSSR count). The first-order valence-corrected chi connectivity index (χ1v) is 7.18. The molecule has 0 saturated heterocycles. The molecule has 1 heterocycles. The highest BCUT2D eigenvalue weighted by molar-refractivity contribution is 5.83. The molecule has 1 aromatic carbocycles. The van der Waals surface area contributed by atoms with E-state index < -0.39 is 22.5 Å². The second-order valence-corrected chi connectivity index (χ2v) is 5.35. The predicted molar refractivity (Wildman–Crippen MR) is 88.9 cm³/mol. The standard InChI is InChI=1S/C17H12N2O6/c18-15-12(10(17(21)22)5-6-13(15)19(23)24)7-9-8-25-14-4-2-1-3-11(14)16(9)20/h1-8,10H,18H2,(H,21,22). The number of carboxylic acid groups (broad SMARTS) is 1. The molecular weight excluding hydrogens is 328 g/mol. The summed E-state index contributed by atoms with van der Waals surface area (Å²) in [4.78, 5) is 34.3. The molecule has 1 aliphatic rings. The third-order valence-corrected chi connectivity index (χ3v) is 3.85. The molecule has 2 aromatic rings. The molecule has 0 amide bonds. The normalized spacial score (nSPS) is 18.7. The molecule has 1 unspecified atom stereocenters. The number of rotatable bonds is 3. The number of para-hydroxylation sites is 1. The summed E-state index contributed by atoms with van der Waals surface area (Å²) in [6.07, 6.45) is 4.60. The number of nitrogens with two attached hydrogens (primary N) is 1. The van der Waals surface area contributed by atoms with Crippen molar-refractivity contribution in [1.82, 2.24) is 0 Å². The number of carboxylic acids is 1. The molecule has 0 fully saturated rings. The van der Waals surface area contributed by atoms with Crippen LogP contribution in [0.5, 0.6) is 0 Å². The van der Waals surface area contributed by atoms with Gasteiger partial charge in [0.15, 0.2) is 5.43 Å². The number of hydrogen-bond donors (Lipinski definition) is 2. The summed E-state index contributed by atoms with van der Waals surface area (Å²) in [5.74, 6) is -2.44. The molecular formula is C17H12N2O6. The number of nitrogens with zero attached hydrogens (tertiary/aromatic N) is 1. The Hall–Kier alpha value is -3.68. The minimum absolute atomic E-state index is 0.0377. The topological polar surface area (TPSA) is 137 Å². The lowest BCUT2D eigenvalue weighted by molar-refractivity contribution is -0.420. The van der Waals surface area contributed by atoms with E-state index in [9.17, 15) is 24.8 Å². The Bertz CT molecular complexity index is 1040. The lowest BCUT2D eigenvalue weighted by Gasteiger charge is -2.17. The van der Waals surface area contributed by atoms with E-state index >= 15 is 0 Å². The highest BCUT2D eigenvalue weighted by atomic mass is 16.6. The molecule has 1 aliphatic carbocycles. The Morgan fingerprint density at radius 3 is 2.76 bits per heavy atom. The van der Waals surface area contributed by atoms with Gasteiger partial charge in [-0.2, -0.15) is 0 Å². The largest absolute Gasteiger partial charge is 0.481 e. The highest BCUT2D eigenvalue weighted by Gasteiger charge is 2.31. The summed E-state index contributed by atoms with van der Waals surface area (Å²) >= 11 is 0. The smallest absolute Gasteiger partial charge is 0.314 e. The lowest BCUT2D eigenvalue weighted by Crippen LogP contribution is -2.24. The van der Waals surface area contributed by atoms with Gasteiger partial charge in [0.05, 0.1) is 15.9 Å². The Kier molecular flexibility index (Phi) is 3.94. The first kappa shape index (κ1) is 16.2. The van der Waals surface area contributed by atoms with Crippen LogP contribution in [0.3, 0.4) is 0 Å². The summed E-state index contributed by atoms with van der Waals surface area (Å²) in [5.41, 5.74) is 5.07. The van der Waals surface area contributed by atoms with Gasteiger partial charge in [-0.05, 0) is 18.2 Å². The summed E-state index contributed by atoms with van der Waals surface area (Å²) in [6.45, 7) is 0. The van der Waals surface area contributed by atoms with Gasteiger partial charge in [0.2, 0.25) is 0 Å². The van der Waals surface area contributed by atoms with Gasteiger partial charge in [0.1, 0.15) is 23.5 Å². The van der Waals surface area contributed by atoms with Crippen LogP contribution in [-0.2, 0) is 4.79 Å². The molecule has 8 heteroatoms. The fourth-order valence-corrected chi connectivity index (χ4v) is 2.60. The molecule has 3 N–H and O–H groups in total. The maximum atomic E-state index is 12.5. The number of hydrogen-bond acceptors (Lipinski definition) is 6. The molecule has 126 valence electrons. The van der Waals surface area contributed by atoms with Crippen molar-refractivity contribution >= 4 is 23.0 Å². The number of fused-ring (bicyclic) bond motifs is 1. The zero-order valence-corrected chi connectivity index (χ0v) is 12.7. The van der Waals surface area contributed by atoms with Gasteiger partial charge in [0.25, 0.3) is 5.70 Å². The van der Waals surface area contributed by atoms with Crippen molar-refractivity contribution in [2.45, 2.75) is 0 Å². The van der Waals surface area contributed by atoms with E-state index in [1.807, 2.05) is 0 Å². The number of allylic oxidation sites excluding steroid dienone is 2. The molecule has 0 saturated carbocycles. The Labute approximate surface area is 140 Å². The molecule has 0 spiro atoms. The summed E-state index contributed by atoms with van der Waals surface area (Å²) in [5, 5.41) is 20.7. The van der Waals surface area contributed by atoms with Crippen LogP contribution in [0.4, 0.5) is 0 Å². The van der Waals surface area contributed by atoms with E-state index in [1.165, 1.54) is 12.3 Å². The molecule has 0 aliphatic heterocycles. The van der Waals surface area contributed by atoms with E-state index in [0.717, 1.165) is 12.2 Å². The van der Waals surface area contributed by atoms with E-state index in [-0.39, 0.29) is 22.3 Å². The van der Waals surface area contributed by atoms with Crippen LogP contribution >= 0.6 is 0 Å². The first-order chi connectivity index (χ1) is 11.9. The Morgan fingerprint density at radius 1 is 1.36 bits per heavy atom. The average Bonchev–Trinajstić information content (AvgIpc) is 2.58. The zero-order valence-electron chi connectivity index (χ0n) is 12.7. The predicted octanol–water partition coefficient (Wildman–Crippen LogP) is 1.89. The van der Waals surface area contributed by atoms with Crippen molar-refractivity contribution < 1.29 is 19.2 Å². The highest BCUT2D eigenvalue weighted by Crippen LogP contribution is 2.29. The molecule has 1 aromatic heterocycles. The molecule has 8 nitrogen and oxygen atoms in total. The van der Waals surface area contributed by atoms with Gasteiger partial charge in [-0.1, -0.05) is 18.2 Å². The van der Waals surface area contributed by atoms with Crippen molar-refractivity contribution in [3.63, 3.8) is 0 Å². The minimum Gasteiger partial charge on any atom is -0.481 e.